The minimum absolute atomic E-state index is 0.199. The highest BCUT2D eigenvalue weighted by Gasteiger charge is 2.15. The van der Waals surface area contributed by atoms with Crippen LogP contribution < -0.4 is 5.32 Å². The van der Waals surface area contributed by atoms with E-state index in [0.717, 1.165) is 11.1 Å². The first-order valence-electron chi connectivity index (χ1n) is 7.90. The van der Waals surface area contributed by atoms with E-state index < -0.39 is 5.97 Å². The zero-order valence-electron chi connectivity index (χ0n) is 13.7. The third kappa shape index (κ3) is 3.95. The van der Waals surface area contributed by atoms with Gasteiger partial charge in [0.1, 0.15) is 0 Å². The predicted octanol–water partition coefficient (Wildman–Crippen LogP) is 4.84. The van der Waals surface area contributed by atoms with E-state index in [1.807, 2.05) is 41.8 Å². The molecule has 0 fully saturated rings. The van der Waals surface area contributed by atoms with E-state index in [1.54, 1.807) is 31.2 Å². The summed E-state index contributed by atoms with van der Waals surface area (Å²) in [5, 5.41) is 4.75. The van der Waals surface area contributed by atoms with Gasteiger partial charge in [-0.15, -0.1) is 11.3 Å². The van der Waals surface area contributed by atoms with Gasteiger partial charge in [0.2, 0.25) is 0 Å². The van der Waals surface area contributed by atoms with Crippen LogP contribution in [0.5, 0.6) is 0 Å². The van der Waals surface area contributed by atoms with Crippen molar-refractivity contribution in [3.05, 3.63) is 76.5 Å². The number of carbonyl (C=O) groups excluding carboxylic acids is 2. The van der Waals surface area contributed by atoms with Crippen molar-refractivity contribution in [3.63, 3.8) is 0 Å². The number of carbonyl (C=O) groups is 2. The molecule has 0 saturated carbocycles. The van der Waals surface area contributed by atoms with Crippen LogP contribution in [0.2, 0.25) is 0 Å². The first kappa shape index (κ1) is 16.9. The molecule has 1 aromatic heterocycles. The van der Waals surface area contributed by atoms with Crippen molar-refractivity contribution in [2.45, 2.75) is 6.92 Å². The summed E-state index contributed by atoms with van der Waals surface area (Å²) in [6.07, 6.45) is 0. The van der Waals surface area contributed by atoms with Crippen LogP contribution in [-0.2, 0) is 4.74 Å². The lowest BCUT2D eigenvalue weighted by atomic mass is 10.1. The van der Waals surface area contributed by atoms with Gasteiger partial charge in [-0.1, -0.05) is 36.4 Å². The molecule has 0 spiro atoms. The highest BCUT2D eigenvalue weighted by atomic mass is 32.1. The molecular weight excluding hydrogens is 334 g/mol. The Bertz CT molecular complexity index is 887. The average Bonchev–Trinajstić information content (AvgIpc) is 3.13. The number of amides is 1. The van der Waals surface area contributed by atoms with Crippen LogP contribution in [-0.4, -0.2) is 18.5 Å². The topological polar surface area (TPSA) is 55.4 Å². The minimum atomic E-state index is -0.403. The smallest absolute Gasteiger partial charge is 0.338 e. The minimum Gasteiger partial charge on any atom is -0.462 e. The van der Waals surface area contributed by atoms with Crippen LogP contribution in [0, 0.1) is 0 Å². The molecule has 0 saturated heterocycles. The van der Waals surface area contributed by atoms with Gasteiger partial charge < -0.3 is 10.1 Å². The molecule has 0 atom stereocenters. The molecule has 0 aliphatic carbocycles. The summed E-state index contributed by atoms with van der Waals surface area (Å²) in [5.41, 5.74) is 2.86. The number of thiophene rings is 1. The van der Waals surface area contributed by atoms with Crippen molar-refractivity contribution in [1.82, 2.24) is 0 Å². The van der Waals surface area contributed by atoms with Crippen LogP contribution in [0.4, 0.5) is 5.69 Å². The molecule has 4 nitrogen and oxygen atoms in total. The van der Waals surface area contributed by atoms with Gasteiger partial charge in [0.25, 0.3) is 5.91 Å². The number of esters is 1. The van der Waals surface area contributed by atoms with Gasteiger partial charge in [-0.2, -0.15) is 0 Å². The summed E-state index contributed by atoms with van der Waals surface area (Å²) < 4.78 is 4.99. The molecule has 2 aromatic carbocycles. The van der Waals surface area contributed by atoms with Crippen LogP contribution in [0.15, 0.2) is 66.0 Å². The van der Waals surface area contributed by atoms with Gasteiger partial charge in [0.15, 0.2) is 0 Å². The summed E-state index contributed by atoms with van der Waals surface area (Å²) in [5.74, 6) is -0.602. The Labute approximate surface area is 150 Å². The number of anilines is 1. The van der Waals surface area contributed by atoms with Crippen molar-refractivity contribution in [2.24, 2.45) is 0 Å². The highest BCUT2D eigenvalue weighted by Crippen LogP contribution is 2.29. The Kier molecular flexibility index (Phi) is 5.26. The lowest BCUT2D eigenvalue weighted by Gasteiger charge is -2.08. The first-order valence-corrected chi connectivity index (χ1v) is 8.78. The zero-order valence-corrected chi connectivity index (χ0v) is 14.5. The molecular formula is C20H17NO3S. The third-order valence-corrected chi connectivity index (χ3v) is 4.50. The largest absolute Gasteiger partial charge is 0.462 e. The molecule has 3 aromatic rings. The van der Waals surface area contributed by atoms with Gasteiger partial charge in [0.05, 0.1) is 17.0 Å². The fourth-order valence-corrected chi connectivity index (χ4v) is 3.27. The molecule has 1 amide bonds. The average molecular weight is 351 g/mol. The summed E-state index contributed by atoms with van der Waals surface area (Å²) in [6, 6.07) is 18.4. The molecule has 5 heteroatoms. The first-order chi connectivity index (χ1) is 12.2. The van der Waals surface area contributed by atoms with Crippen molar-refractivity contribution in [2.75, 3.05) is 11.9 Å². The second-order valence-electron chi connectivity index (χ2n) is 5.28. The van der Waals surface area contributed by atoms with Crippen LogP contribution in [0.3, 0.4) is 0 Å². The SMILES string of the molecule is CCOC(=O)c1cccc(NC(=O)c2sccc2-c2ccccc2)c1. The standard InChI is InChI=1S/C20H17NO3S/c1-2-24-20(23)15-9-6-10-16(13-15)21-19(22)18-17(11-12-25-18)14-7-4-3-5-8-14/h3-13H,2H2,1H3,(H,21,22). The van der Waals surface area contributed by atoms with Crippen molar-refractivity contribution < 1.29 is 14.3 Å². The predicted molar refractivity (Wildman–Crippen MR) is 100 cm³/mol. The molecule has 1 N–H and O–H groups in total. The van der Waals surface area contributed by atoms with Gasteiger partial charge in [-0.25, -0.2) is 4.79 Å². The molecule has 0 unspecified atom stereocenters. The molecule has 0 aliphatic rings. The van der Waals surface area contributed by atoms with E-state index in [0.29, 0.717) is 22.7 Å². The van der Waals surface area contributed by atoms with E-state index in [2.05, 4.69) is 5.32 Å². The lowest BCUT2D eigenvalue weighted by Crippen LogP contribution is -2.12. The van der Waals surface area contributed by atoms with Gasteiger partial charge in [-0.3, -0.25) is 4.79 Å². The Morgan fingerprint density at radius 3 is 2.60 bits per heavy atom. The Morgan fingerprint density at radius 1 is 1.04 bits per heavy atom. The second kappa shape index (κ2) is 7.77. The van der Waals surface area contributed by atoms with Crippen LogP contribution in [0.25, 0.3) is 11.1 Å². The maximum atomic E-state index is 12.7. The normalized spacial score (nSPS) is 10.3. The molecule has 126 valence electrons. The zero-order chi connectivity index (χ0) is 17.6. The van der Waals surface area contributed by atoms with Crippen molar-refractivity contribution in [3.8, 4) is 11.1 Å². The molecule has 0 bridgehead atoms. The Balaban J connectivity index is 1.81. The number of nitrogens with one attached hydrogen (secondary N) is 1. The fraction of sp³-hybridized carbons (Fsp3) is 0.100. The number of rotatable bonds is 5. The summed E-state index contributed by atoms with van der Waals surface area (Å²) in [7, 11) is 0. The van der Waals surface area contributed by atoms with Crippen LogP contribution >= 0.6 is 11.3 Å². The van der Waals surface area contributed by atoms with Gasteiger partial charge >= 0.3 is 5.97 Å². The number of ether oxygens (including phenoxy) is 1. The maximum Gasteiger partial charge on any atom is 0.338 e. The van der Waals surface area contributed by atoms with Crippen molar-refractivity contribution in [1.29, 1.82) is 0 Å². The van der Waals surface area contributed by atoms with Gasteiger partial charge in [-0.05, 0) is 42.1 Å². The monoisotopic (exact) mass is 351 g/mol. The third-order valence-electron chi connectivity index (χ3n) is 3.59. The van der Waals surface area contributed by atoms with E-state index >= 15 is 0 Å². The fourth-order valence-electron chi connectivity index (χ4n) is 2.46. The number of benzene rings is 2. The maximum absolute atomic E-state index is 12.7. The van der Waals surface area contributed by atoms with Crippen molar-refractivity contribution >= 4 is 28.9 Å². The summed E-state index contributed by atoms with van der Waals surface area (Å²) >= 11 is 1.39. The highest BCUT2D eigenvalue weighted by molar-refractivity contribution is 7.12. The summed E-state index contributed by atoms with van der Waals surface area (Å²) in [4.78, 5) is 25.1. The molecule has 1 heterocycles. The van der Waals surface area contributed by atoms with E-state index in [1.165, 1.54) is 11.3 Å². The lowest BCUT2D eigenvalue weighted by molar-refractivity contribution is 0.0526. The Morgan fingerprint density at radius 2 is 1.84 bits per heavy atom. The molecule has 0 radical (unpaired) electrons. The Hall–Kier alpha value is -2.92. The van der Waals surface area contributed by atoms with Gasteiger partial charge in [0, 0.05) is 11.3 Å². The number of hydrogen-bond donors (Lipinski definition) is 1. The second-order valence-corrected chi connectivity index (χ2v) is 6.20. The molecule has 3 rings (SSSR count). The quantitative estimate of drug-likeness (QED) is 0.669. The van der Waals surface area contributed by atoms with E-state index in [4.69, 9.17) is 4.74 Å². The molecule has 0 aliphatic heterocycles. The molecule has 25 heavy (non-hydrogen) atoms. The number of hydrogen-bond acceptors (Lipinski definition) is 4. The van der Waals surface area contributed by atoms with E-state index in [9.17, 15) is 9.59 Å². The van der Waals surface area contributed by atoms with E-state index in [-0.39, 0.29) is 5.91 Å². The summed E-state index contributed by atoms with van der Waals surface area (Å²) in [6.45, 7) is 2.07. The van der Waals surface area contributed by atoms with Crippen LogP contribution in [0.1, 0.15) is 27.0 Å².